The summed E-state index contributed by atoms with van der Waals surface area (Å²) in [6.07, 6.45) is -0.765. The third-order valence-electron chi connectivity index (χ3n) is 2.81. The summed E-state index contributed by atoms with van der Waals surface area (Å²) in [6.45, 7) is 1.29. The molecule has 0 aliphatic carbocycles. The van der Waals surface area contributed by atoms with E-state index in [0.29, 0.717) is 5.56 Å². The molecule has 0 fully saturated rings. The van der Waals surface area contributed by atoms with Crippen LogP contribution in [0.4, 0.5) is 5.69 Å². The second-order valence-electron chi connectivity index (χ2n) is 4.47. The first-order valence-corrected chi connectivity index (χ1v) is 6.54. The van der Waals surface area contributed by atoms with Crippen molar-refractivity contribution in [2.24, 2.45) is 0 Å². The molecule has 0 N–H and O–H groups in total. The monoisotopic (exact) mass is 295 g/mol. The van der Waals surface area contributed by atoms with Crippen molar-refractivity contribution in [2.75, 3.05) is 0 Å². The molecule has 5 nitrogen and oxygen atoms in total. The summed E-state index contributed by atoms with van der Waals surface area (Å²) in [5, 5.41) is 10.7. The number of nitrogens with zero attached hydrogens (tertiary/aromatic N) is 1. The van der Waals surface area contributed by atoms with Crippen LogP contribution in [-0.2, 0) is 9.53 Å². The average molecular weight is 295 g/mol. The topological polar surface area (TPSA) is 69.4 Å². The van der Waals surface area contributed by atoms with Crippen molar-refractivity contribution in [1.29, 1.82) is 0 Å². The summed E-state index contributed by atoms with van der Waals surface area (Å²) in [7, 11) is 0. The van der Waals surface area contributed by atoms with Gasteiger partial charge in [0, 0.05) is 30.2 Å². The van der Waals surface area contributed by atoms with E-state index in [2.05, 4.69) is 11.8 Å². The second kappa shape index (κ2) is 7.04. The Kier molecular flexibility index (Phi) is 4.89. The lowest BCUT2D eigenvalue weighted by atomic mass is 10.1. The summed E-state index contributed by atoms with van der Waals surface area (Å²) in [6, 6.07) is 15.1. The molecule has 1 unspecified atom stereocenters. The molecule has 0 saturated carbocycles. The molecule has 5 heteroatoms. The number of esters is 1. The molecular formula is C17H13NO4. The predicted octanol–water partition coefficient (Wildman–Crippen LogP) is 3.25. The molecule has 0 radical (unpaired) electrons. The maximum Gasteiger partial charge on any atom is 0.304 e. The van der Waals surface area contributed by atoms with E-state index in [0.717, 1.165) is 5.56 Å². The van der Waals surface area contributed by atoms with Gasteiger partial charge in [0.15, 0.2) is 6.10 Å². The van der Waals surface area contributed by atoms with E-state index in [1.165, 1.54) is 31.2 Å². The standard InChI is InChI=1S/C17H13NO4/c1-13(19)22-17(12-7-14-5-3-2-4-6-14)15-8-10-16(11-9-15)18(20)21/h2-6,8-11,17H,1H3. The molecule has 22 heavy (non-hydrogen) atoms. The van der Waals surface area contributed by atoms with E-state index < -0.39 is 17.0 Å². The van der Waals surface area contributed by atoms with E-state index in [1.807, 2.05) is 30.3 Å². The first-order valence-electron chi connectivity index (χ1n) is 6.54. The number of rotatable bonds is 3. The molecule has 0 aliphatic heterocycles. The van der Waals surface area contributed by atoms with Gasteiger partial charge in [0.2, 0.25) is 0 Å². The lowest BCUT2D eigenvalue weighted by molar-refractivity contribution is -0.384. The van der Waals surface area contributed by atoms with Crippen LogP contribution in [-0.4, -0.2) is 10.9 Å². The van der Waals surface area contributed by atoms with Crippen LogP contribution in [0, 0.1) is 22.0 Å². The molecule has 0 saturated heterocycles. The molecular weight excluding hydrogens is 282 g/mol. The first kappa shape index (κ1) is 15.3. The van der Waals surface area contributed by atoms with E-state index in [-0.39, 0.29) is 5.69 Å². The lowest BCUT2D eigenvalue weighted by Crippen LogP contribution is -2.06. The van der Waals surface area contributed by atoms with Crippen molar-refractivity contribution in [2.45, 2.75) is 13.0 Å². The molecule has 1 atom stereocenters. The SMILES string of the molecule is CC(=O)OC(C#Cc1ccccc1)c1ccc([N+](=O)[O-])cc1. The molecule has 2 aromatic carbocycles. The molecule has 0 aliphatic rings. The summed E-state index contributed by atoms with van der Waals surface area (Å²) in [4.78, 5) is 21.4. The van der Waals surface area contributed by atoms with Crippen LogP contribution in [0.15, 0.2) is 54.6 Å². The van der Waals surface area contributed by atoms with Crippen LogP contribution in [0.5, 0.6) is 0 Å². The highest BCUT2D eigenvalue weighted by Crippen LogP contribution is 2.20. The van der Waals surface area contributed by atoms with Gasteiger partial charge < -0.3 is 4.74 Å². The number of nitro groups is 1. The van der Waals surface area contributed by atoms with Gasteiger partial charge in [-0.3, -0.25) is 14.9 Å². The smallest absolute Gasteiger partial charge is 0.304 e. The fourth-order valence-electron chi connectivity index (χ4n) is 1.79. The summed E-state index contributed by atoms with van der Waals surface area (Å²) in [5.41, 5.74) is 1.35. The Balaban J connectivity index is 2.28. The Morgan fingerprint density at radius 1 is 1.14 bits per heavy atom. The van der Waals surface area contributed by atoms with Crippen molar-refractivity contribution in [3.05, 3.63) is 75.8 Å². The van der Waals surface area contributed by atoms with Crippen molar-refractivity contribution in [1.82, 2.24) is 0 Å². The predicted molar refractivity (Wildman–Crippen MR) is 80.9 cm³/mol. The van der Waals surface area contributed by atoms with Crippen molar-refractivity contribution < 1.29 is 14.5 Å². The number of carbonyl (C=O) groups is 1. The maximum absolute atomic E-state index is 11.2. The van der Waals surface area contributed by atoms with Gasteiger partial charge in [-0.1, -0.05) is 24.1 Å². The number of ether oxygens (including phenoxy) is 1. The van der Waals surface area contributed by atoms with Crippen LogP contribution in [0.2, 0.25) is 0 Å². The van der Waals surface area contributed by atoms with Gasteiger partial charge in [-0.05, 0) is 30.2 Å². The summed E-state index contributed by atoms with van der Waals surface area (Å²) >= 11 is 0. The lowest BCUT2D eigenvalue weighted by Gasteiger charge is -2.11. The minimum absolute atomic E-state index is 0.0265. The van der Waals surface area contributed by atoms with Crippen LogP contribution in [0.25, 0.3) is 0 Å². The van der Waals surface area contributed by atoms with Crippen molar-refractivity contribution >= 4 is 11.7 Å². The Morgan fingerprint density at radius 3 is 2.32 bits per heavy atom. The number of nitro benzene ring substituents is 1. The third kappa shape index (κ3) is 4.18. The second-order valence-corrected chi connectivity index (χ2v) is 4.47. The van der Waals surface area contributed by atoms with Gasteiger partial charge in [0.1, 0.15) is 0 Å². The van der Waals surface area contributed by atoms with Crippen LogP contribution in [0.1, 0.15) is 24.2 Å². The van der Waals surface area contributed by atoms with Crippen LogP contribution in [0.3, 0.4) is 0 Å². The number of hydrogen-bond acceptors (Lipinski definition) is 4. The molecule has 0 spiro atoms. The largest absolute Gasteiger partial charge is 0.444 e. The number of benzene rings is 2. The van der Waals surface area contributed by atoms with Crippen LogP contribution >= 0.6 is 0 Å². The Hall–Kier alpha value is -3.13. The van der Waals surface area contributed by atoms with E-state index in [9.17, 15) is 14.9 Å². The van der Waals surface area contributed by atoms with Gasteiger partial charge in [-0.15, -0.1) is 0 Å². The van der Waals surface area contributed by atoms with Gasteiger partial charge in [0.25, 0.3) is 5.69 Å². The van der Waals surface area contributed by atoms with E-state index in [1.54, 1.807) is 0 Å². The molecule has 110 valence electrons. The molecule has 2 aromatic rings. The first-order chi connectivity index (χ1) is 10.6. The minimum Gasteiger partial charge on any atom is -0.444 e. The van der Waals surface area contributed by atoms with Gasteiger partial charge in [0.05, 0.1) is 4.92 Å². The number of carbonyl (C=O) groups excluding carboxylic acids is 1. The fourth-order valence-corrected chi connectivity index (χ4v) is 1.79. The quantitative estimate of drug-likeness (QED) is 0.377. The Labute approximate surface area is 127 Å². The Morgan fingerprint density at radius 2 is 1.77 bits per heavy atom. The maximum atomic E-state index is 11.2. The van der Waals surface area contributed by atoms with Crippen molar-refractivity contribution in [3.63, 3.8) is 0 Å². The summed E-state index contributed by atoms with van der Waals surface area (Å²) < 4.78 is 5.18. The highest BCUT2D eigenvalue weighted by Gasteiger charge is 2.13. The third-order valence-corrected chi connectivity index (χ3v) is 2.81. The van der Waals surface area contributed by atoms with Gasteiger partial charge in [-0.2, -0.15) is 0 Å². The highest BCUT2D eigenvalue weighted by molar-refractivity contribution is 5.67. The van der Waals surface area contributed by atoms with Crippen LogP contribution < -0.4 is 0 Å². The van der Waals surface area contributed by atoms with Gasteiger partial charge >= 0.3 is 5.97 Å². The average Bonchev–Trinajstić information content (AvgIpc) is 2.52. The van der Waals surface area contributed by atoms with Crippen molar-refractivity contribution in [3.8, 4) is 11.8 Å². The number of non-ortho nitro benzene ring substituents is 1. The summed E-state index contributed by atoms with van der Waals surface area (Å²) in [5.74, 6) is 5.33. The Bertz CT molecular complexity index is 727. The zero-order chi connectivity index (χ0) is 15.9. The normalized spacial score (nSPS) is 11.0. The van der Waals surface area contributed by atoms with E-state index in [4.69, 9.17) is 4.74 Å². The molecule has 0 bridgehead atoms. The molecule has 2 rings (SSSR count). The zero-order valence-corrected chi connectivity index (χ0v) is 11.9. The number of hydrogen-bond donors (Lipinski definition) is 0. The highest BCUT2D eigenvalue weighted by atomic mass is 16.6. The fraction of sp³-hybridized carbons (Fsp3) is 0.118. The molecule has 0 amide bonds. The molecule has 0 heterocycles. The molecule has 0 aromatic heterocycles. The zero-order valence-electron chi connectivity index (χ0n) is 11.9. The minimum atomic E-state index is -0.765. The van der Waals surface area contributed by atoms with E-state index >= 15 is 0 Å². The van der Waals surface area contributed by atoms with Gasteiger partial charge in [-0.25, -0.2) is 0 Å².